The molecule has 2 atom stereocenters. The summed E-state index contributed by atoms with van der Waals surface area (Å²) >= 11 is 0. The number of nitrogens with one attached hydrogen (secondary N) is 1. The highest BCUT2D eigenvalue weighted by molar-refractivity contribution is 5.04. The molecule has 1 aromatic heterocycles. The lowest BCUT2D eigenvalue weighted by Crippen LogP contribution is -2.28. The van der Waals surface area contributed by atoms with Crippen molar-refractivity contribution < 1.29 is 4.52 Å². The first-order valence-electron chi connectivity index (χ1n) is 7.02. The first-order valence-corrected chi connectivity index (χ1v) is 7.02. The Labute approximate surface area is 108 Å². The van der Waals surface area contributed by atoms with Crippen LogP contribution in [-0.2, 0) is 0 Å². The minimum atomic E-state index is 0.425. The van der Waals surface area contributed by atoms with Crippen molar-refractivity contribution >= 4 is 0 Å². The van der Waals surface area contributed by atoms with Gasteiger partial charge in [-0.15, -0.1) is 0 Å². The Bertz CT molecular complexity index is 397. The molecular formula is C13H22N4O. The highest BCUT2D eigenvalue weighted by Crippen LogP contribution is 2.28. The van der Waals surface area contributed by atoms with Crippen LogP contribution in [0.3, 0.4) is 0 Å². The van der Waals surface area contributed by atoms with E-state index in [1.54, 1.807) is 0 Å². The lowest BCUT2D eigenvalue weighted by atomic mass is 10.1. The van der Waals surface area contributed by atoms with Crippen LogP contribution in [0, 0.1) is 0 Å². The van der Waals surface area contributed by atoms with Gasteiger partial charge in [-0.05, 0) is 39.8 Å². The minimum Gasteiger partial charge on any atom is -0.339 e. The predicted octanol–water partition coefficient (Wildman–Crippen LogP) is 1.34. The van der Waals surface area contributed by atoms with Crippen molar-refractivity contribution in [3.63, 3.8) is 0 Å². The molecule has 18 heavy (non-hydrogen) atoms. The summed E-state index contributed by atoms with van der Waals surface area (Å²) in [5, 5.41) is 7.53. The Kier molecular flexibility index (Phi) is 3.35. The van der Waals surface area contributed by atoms with Crippen LogP contribution in [0.1, 0.15) is 50.2 Å². The van der Waals surface area contributed by atoms with Gasteiger partial charge in [0, 0.05) is 25.0 Å². The van der Waals surface area contributed by atoms with E-state index >= 15 is 0 Å². The highest BCUT2D eigenvalue weighted by Gasteiger charge is 2.30. The zero-order valence-electron chi connectivity index (χ0n) is 11.2. The van der Waals surface area contributed by atoms with Crippen LogP contribution in [0.15, 0.2) is 4.52 Å². The van der Waals surface area contributed by atoms with Crippen LogP contribution in [0.5, 0.6) is 0 Å². The topological polar surface area (TPSA) is 54.2 Å². The summed E-state index contributed by atoms with van der Waals surface area (Å²) in [6.07, 6.45) is 2.27. The van der Waals surface area contributed by atoms with E-state index < -0.39 is 0 Å². The lowest BCUT2D eigenvalue weighted by molar-refractivity contribution is 0.271. The van der Waals surface area contributed by atoms with Gasteiger partial charge >= 0.3 is 0 Å². The van der Waals surface area contributed by atoms with E-state index in [9.17, 15) is 0 Å². The third-order valence-corrected chi connectivity index (χ3v) is 4.18. The Morgan fingerprint density at radius 1 is 1.33 bits per heavy atom. The molecule has 0 radical (unpaired) electrons. The van der Waals surface area contributed by atoms with Gasteiger partial charge in [0.05, 0.1) is 5.92 Å². The van der Waals surface area contributed by atoms with Crippen LogP contribution < -0.4 is 5.32 Å². The molecule has 3 rings (SSSR count). The minimum absolute atomic E-state index is 0.425. The van der Waals surface area contributed by atoms with E-state index in [4.69, 9.17) is 4.52 Å². The van der Waals surface area contributed by atoms with Crippen molar-refractivity contribution in [1.82, 2.24) is 20.4 Å². The quantitative estimate of drug-likeness (QED) is 0.877. The van der Waals surface area contributed by atoms with Crippen LogP contribution in [-0.4, -0.2) is 47.3 Å². The average molecular weight is 250 g/mol. The van der Waals surface area contributed by atoms with Gasteiger partial charge in [-0.2, -0.15) is 4.98 Å². The third-order valence-electron chi connectivity index (χ3n) is 4.18. The fourth-order valence-corrected chi connectivity index (χ4v) is 2.91. The number of hydrogen-bond acceptors (Lipinski definition) is 5. The van der Waals surface area contributed by atoms with E-state index in [1.165, 1.54) is 0 Å². The molecule has 0 saturated carbocycles. The fourth-order valence-electron chi connectivity index (χ4n) is 2.91. The Morgan fingerprint density at radius 2 is 2.22 bits per heavy atom. The predicted molar refractivity (Wildman–Crippen MR) is 68.6 cm³/mol. The Morgan fingerprint density at radius 3 is 2.89 bits per heavy atom. The Hall–Kier alpha value is -0.940. The molecule has 100 valence electrons. The van der Waals surface area contributed by atoms with Crippen molar-refractivity contribution in [2.24, 2.45) is 0 Å². The van der Waals surface area contributed by atoms with Gasteiger partial charge in [0.2, 0.25) is 5.89 Å². The summed E-state index contributed by atoms with van der Waals surface area (Å²) in [5.41, 5.74) is 0. The standard InChI is InChI=1S/C13H22N4O/c1-9(2)17-6-4-11(8-17)12-15-13(18-16-12)10-3-5-14-7-10/h9-11,14H,3-8H2,1-2H3. The molecule has 2 saturated heterocycles. The number of aromatic nitrogens is 2. The molecule has 2 unspecified atom stereocenters. The molecule has 0 bridgehead atoms. The van der Waals surface area contributed by atoms with Gasteiger partial charge in [0.25, 0.3) is 0 Å². The molecule has 0 aromatic carbocycles. The maximum atomic E-state index is 5.44. The molecule has 0 spiro atoms. The molecule has 2 aliphatic heterocycles. The molecule has 2 aliphatic rings. The third kappa shape index (κ3) is 2.29. The number of nitrogens with zero attached hydrogens (tertiary/aromatic N) is 3. The second kappa shape index (κ2) is 4.97. The van der Waals surface area contributed by atoms with E-state index in [-0.39, 0.29) is 0 Å². The summed E-state index contributed by atoms with van der Waals surface area (Å²) in [5.74, 6) is 2.63. The maximum absolute atomic E-state index is 5.44. The van der Waals surface area contributed by atoms with Crippen molar-refractivity contribution in [2.75, 3.05) is 26.2 Å². The van der Waals surface area contributed by atoms with Crippen LogP contribution in [0.2, 0.25) is 0 Å². The van der Waals surface area contributed by atoms with Crippen LogP contribution in [0.25, 0.3) is 0 Å². The molecule has 0 aliphatic carbocycles. The number of hydrogen-bond donors (Lipinski definition) is 1. The lowest BCUT2D eigenvalue weighted by Gasteiger charge is -2.19. The maximum Gasteiger partial charge on any atom is 0.231 e. The normalized spacial score (nSPS) is 29.5. The largest absolute Gasteiger partial charge is 0.339 e. The zero-order valence-corrected chi connectivity index (χ0v) is 11.2. The molecule has 5 nitrogen and oxygen atoms in total. The second-order valence-corrected chi connectivity index (χ2v) is 5.75. The smallest absolute Gasteiger partial charge is 0.231 e. The van der Waals surface area contributed by atoms with Gasteiger partial charge in [-0.25, -0.2) is 0 Å². The van der Waals surface area contributed by atoms with E-state index in [0.29, 0.717) is 17.9 Å². The number of likely N-dealkylation sites (tertiary alicyclic amines) is 1. The number of rotatable bonds is 3. The average Bonchev–Trinajstić information content (AvgIpc) is 3.10. The summed E-state index contributed by atoms with van der Waals surface area (Å²) in [7, 11) is 0. The second-order valence-electron chi connectivity index (χ2n) is 5.75. The SMILES string of the molecule is CC(C)N1CCC(c2noc(C3CCNC3)n2)C1. The molecule has 0 amide bonds. The molecule has 5 heteroatoms. The van der Waals surface area contributed by atoms with Crippen molar-refractivity contribution in [2.45, 2.75) is 44.6 Å². The monoisotopic (exact) mass is 250 g/mol. The van der Waals surface area contributed by atoms with Crippen LogP contribution >= 0.6 is 0 Å². The summed E-state index contributed by atoms with van der Waals surface area (Å²) in [6.45, 7) is 8.75. The molecule has 3 heterocycles. The summed E-state index contributed by atoms with van der Waals surface area (Å²) in [4.78, 5) is 7.11. The Balaban J connectivity index is 1.66. The van der Waals surface area contributed by atoms with E-state index in [1.807, 2.05) is 0 Å². The fraction of sp³-hybridized carbons (Fsp3) is 0.846. The summed E-state index contributed by atoms with van der Waals surface area (Å²) in [6, 6.07) is 0.611. The van der Waals surface area contributed by atoms with Crippen LogP contribution in [0.4, 0.5) is 0 Å². The van der Waals surface area contributed by atoms with E-state index in [2.05, 4.69) is 34.2 Å². The van der Waals surface area contributed by atoms with Crippen molar-refractivity contribution in [1.29, 1.82) is 0 Å². The zero-order chi connectivity index (χ0) is 12.5. The van der Waals surface area contributed by atoms with Gasteiger partial charge in [-0.1, -0.05) is 5.16 Å². The molecule has 1 aromatic rings. The molecular weight excluding hydrogens is 228 g/mol. The highest BCUT2D eigenvalue weighted by atomic mass is 16.5. The van der Waals surface area contributed by atoms with Crippen molar-refractivity contribution in [3.05, 3.63) is 11.7 Å². The molecule has 1 N–H and O–H groups in total. The van der Waals surface area contributed by atoms with Gasteiger partial charge in [0.1, 0.15) is 0 Å². The molecule has 2 fully saturated rings. The van der Waals surface area contributed by atoms with Gasteiger partial charge in [-0.3, -0.25) is 0 Å². The van der Waals surface area contributed by atoms with Gasteiger partial charge in [0.15, 0.2) is 5.82 Å². The first-order chi connectivity index (χ1) is 8.74. The summed E-state index contributed by atoms with van der Waals surface area (Å²) < 4.78 is 5.44. The first kappa shape index (κ1) is 12.1. The van der Waals surface area contributed by atoms with Gasteiger partial charge < -0.3 is 14.7 Å². The van der Waals surface area contributed by atoms with Crippen molar-refractivity contribution in [3.8, 4) is 0 Å². The van der Waals surface area contributed by atoms with E-state index in [0.717, 1.165) is 50.7 Å².